The lowest BCUT2D eigenvalue weighted by molar-refractivity contribution is 0.0505. The number of hydrogen-bond donors (Lipinski definition) is 0. The summed E-state index contributed by atoms with van der Waals surface area (Å²) in [6, 6.07) is 9.36. The zero-order valence-corrected chi connectivity index (χ0v) is 14.1. The summed E-state index contributed by atoms with van der Waals surface area (Å²) in [5.74, 6) is 0.0989. The van der Waals surface area contributed by atoms with Crippen molar-refractivity contribution in [3.05, 3.63) is 59.0 Å². The van der Waals surface area contributed by atoms with E-state index in [1.54, 1.807) is 26.0 Å². The molecule has 0 saturated heterocycles. The number of ketones is 1. The maximum atomic E-state index is 12.6. The molecule has 22 heavy (non-hydrogen) atoms. The third-order valence-electron chi connectivity index (χ3n) is 3.72. The number of thioether (sulfide) groups is 1. The predicted molar refractivity (Wildman–Crippen MR) is 91.3 cm³/mol. The van der Waals surface area contributed by atoms with Gasteiger partial charge in [0.25, 0.3) is 0 Å². The molecule has 0 saturated carbocycles. The van der Waals surface area contributed by atoms with Crippen molar-refractivity contribution in [2.75, 3.05) is 20.8 Å². The van der Waals surface area contributed by atoms with Gasteiger partial charge in [0.1, 0.15) is 0 Å². The van der Waals surface area contributed by atoms with Crippen molar-refractivity contribution in [1.82, 2.24) is 0 Å². The lowest BCUT2D eigenvalue weighted by Crippen LogP contribution is -2.26. The number of ether oxygens (including phenoxy) is 2. The quantitative estimate of drug-likeness (QED) is 0.715. The summed E-state index contributed by atoms with van der Waals surface area (Å²) < 4.78 is 10.7. The van der Waals surface area contributed by atoms with E-state index >= 15 is 0 Å². The predicted octanol–water partition coefficient (Wildman–Crippen LogP) is 3.87. The first-order valence-electron chi connectivity index (χ1n) is 7.27. The molecular weight excluding hydrogens is 296 g/mol. The van der Waals surface area contributed by atoms with Crippen LogP contribution in [0.3, 0.4) is 0 Å². The van der Waals surface area contributed by atoms with Gasteiger partial charge in [-0.3, -0.25) is 4.79 Å². The van der Waals surface area contributed by atoms with Crippen molar-refractivity contribution < 1.29 is 14.3 Å². The molecule has 2 rings (SSSR count). The van der Waals surface area contributed by atoms with E-state index in [4.69, 9.17) is 9.47 Å². The number of Topliss-reactive ketones (excluding diaryl/α,β-unsaturated/α-hetero) is 1. The van der Waals surface area contributed by atoms with E-state index in [0.29, 0.717) is 6.61 Å². The molecule has 1 aliphatic carbocycles. The maximum Gasteiger partial charge on any atom is 0.178 e. The van der Waals surface area contributed by atoms with E-state index < -0.39 is 0 Å². The van der Waals surface area contributed by atoms with Crippen LogP contribution in [0.2, 0.25) is 0 Å². The van der Waals surface area contributed by atoms with Gasteiger partial charge in [-0.05, 0) is 13.3 Å². The molecule has 0 heterocycles. The van der Waals surface area contributed by atoms with Gasteiger partial charge in [0.05, 0.1) is 17.5 Å². The number of carbonyl (C=O) groups excluding carboxylic acids is 1. The smallest absolute Gasteiger partial charge is 0.178 e. The second-order valence-electron chi connectivity index (χ2n) is 5.45. The molecule has 0 amide bonds. The number of hydrogen-bond acceptors (Lipinski definition) is 4. The normalized spacial score (nSPS) is 22.2. The molecule has 0 bridgehead atoms. The highest BCUT2D eigenvalue weighted by atomic mass is 32.2. The Morgan fingerprint density at radius 1 is 1.32 bits per heavy atom. The molecule has 3 nitrogen and oxygen atoms in total. The summed E-state index contributed by atoms with van der Waals surface area (Å²) in [7, 11) is 3.34. The van der Waals surface area contributed by atoms with E-state index in [1.165, 1.54) is 0 Å². The van der Waals surface area contributed by atoms with Gasteiger partial charge >= 0.3 is 0 Å². The van der Waals surface area contributed by atoms with Crippen molar-refractivity contribution in [2.45, 2.75) is 24.2 Å². The van der Waals surface area contributed by atoms with Crippen LogP contribution in [0.1, 0.15) is 23.7 Å². The fourth-order valence-electron chi connectivity index (χ4n) is 2.20. The summed E-state index contributed by atoms with van der Waals surface area (Å²) in [6.45, 7) is 2.44. The molecular formula is C18H22O3S. The number of rotatable bonds is 7. The second-order valence-corrected chi connectivity index (χ2v) is 6.73. The van der Waals surface area contributed by atoms with Crippen LogP contribution in [0.5, 0.6) is 0 Å². The van der Waals surface area contributed by atoms with Crippen molar-refractivity contribution >= 4 is 17.5 Å². The first-order chi connectivity index (χ1) is 10.6. The van der Waals surface area contributed by atoms with Crippen LogP contribution >= 0.6 is 11.8 Å². The molecule has 118 valence electrons. The molecule has 1 aliphatic rings. The fraction of sp³-hybridized carbons (Fsp3) is 0.389. The Labute approximate surface area is 136 Å². The summed E-state index contributed by atoms with van der Waals surface area (Å²) in [6.07, 6.45) is 7.00. The van der Waals surface area contributed by atoms with Crippen LogP contribution in [0.4, 0.5) is 0 Å². The Morgan fingerprint density at radius 3 is 2.59 bits per heavy atom. The number of methoxy groups -OCH3 is 2. The van der Waals surface area contributed by atoms with Crippen LogP contribution in [0, 0.1) is 0 Å². The van der Waals surface area contributed by atoms with Crippen LogP contribution in [0.15, 0.2) is 53.5 Å². The van der Waals surface area contributed by atoms with Crippen LogP contribution in [-0.2, 0) is 9.47 Å². The third-order valence-corrected chi connectivity index (χ3v) is 4.93. The van der Waals surface area contributed by atoms with Gasteiger partial charge < -0.3 is 9.47 Å². The SMILES string of the molecule is COCC(SC1=CCC(C)(OC)C=C1)C(=O)c1ccccc1. The van der Waals surface area contributed by atoms with Gasteiger partial charge in [0.2, 0.25) is 0 Å². The van der Waals surface area contributed by atoms with Crippen LogP contribution in [-0.4, -0.2) is 37.5 Å². The highest BCUT2D eigenvalue weighted by Crippen LogP contribution is 2.32. The van der Waals surface area contributed by atoms with Gasteiger partial charge in [0.15, 0.2) is 5.78 Å². The Balaban J connectivity index is 2.07. The van der Waals surface area contributed by atoms with E-state index in [0.717, 1.165) is 16.9 Å². The van der Waals surface area contributed by atoms with Crippen molar-refractivity contribution in [1.29, 1.82) is 0 Å². The van der Waals surface area contributed by atoms with E-state index in [2.05, 4.69) is 6.08 Å². The first kappa shape index (κ1) is 17.0. The third kappa shape index (κ3) is 4.32. The number of benzene rings is 1. The molecule has 1 aromatic carbocycles. The van der Waals surface area contributed by atoms with Crippen molar-refractivity contribution in [2.24, 2.45) is 0 Å². The van der Waals surface area contributed by atoms with E-state index in [1.807, 2.05) is 49.4 Å². The van der Waals surface area contributed by atoms with Crippen LogP contribution in [0.25, 0.3) is 0 Å². The Bertz CT molecular complexity index is 565. The summed E-state index contributed by atoms with van der Waals surface area (Å²) >= 11 is 1.55. The van der Waals surface area contributed by atoms with Crippen molar-refractivity contribution in [3.63, 3.8) is 0 Å². The maximum absolute atomic E-state index is 12.6. The van der Waals surface area contributed by atoms with Gasteiger partial charge in [-0.25, -0.2) is 0 Å². The van der Waals surface area contributed by atoms with Gasteiger partial charge in [-0.15, -0.1) is 11.8 Å². The highest BCUT2D eigenvalue weighted by molar-refractivity contribution is 8.04. The lowest BCUT2D eigenvalue weighted by atomic mass is 9.98. The summed E-state index contributed by atoms with van der Waals surface area (Å²) in [5, 5.41) is -0.241. The Morgan fingerprint density at radius 2 is 2.05 bits per heavy atom. The van der Waals surface area contributed by atoms with Gasteiger partial charge in [-0.2, -0.15) is 0 Å². The molecule has 1 aromatic rings. The minimum atomic E-state index is -0.246. The molecule has 0 N–H and O–H groups in total. The number of allylic oxidation sites excluding steroid dienone is 1. The Hall–Kier alpha value is -1.36. The standard InChI is InChI=1S/C18H22O3S/c1-18(21-3)11-9-15(10-12-18)22-16(13-20-2)17(19)14-7-5-4-6-8-14/h4-11,16H,12-13H2,1-3H3. The molecule has 0 aliphatic heterocycles. The van der Waals surface area contributed by atoms with Crippen LogP contribution < -0.4 is 0 Å². The lowest BCUT2D eigenvalue weighted by Gasteiger charge is -2.27. The summed E-state index contributed by atoms with van der Waals surface area (Å²) in [5.41, 5.74) is 0.476. The monoisotopic (exact) mass is 318 g/mol. The van der Waals surface area contributed by atoms with E-state index in [-0.39, 0.29) is 16.6 Å². The molecule has 4 heteroatoms. The van der Waals surface area contributed by atoms with Crippen molar-refractivity contribution in [3.8, 4) is 0 Å². The highest BCUT2D eigenvalue weighted by Gasteiger charge is 2.25. The zero-order valence-electron chi connectivity index (χ0n) is 13.2. The average molecular weight is 318 g/mol. The Kier molecular flexibility index (Phi) is 6.00. The van der Waals surface area contributed by atoms with Gasteiger partial charge in [0, 0.05) is 24.7 Å². The summed E-state index contributed by atoms with van der Waals surface area (Å²) in [4.78, 5) is 13.7. The zero-order chi connectivity index (χ0) is 16.0. The molecule has 0 spiro atoms. The second kappa shape index (κ2) is 7.77. The molecule has 0 radical (unpaired) electrons. The average Bonchev–Trinajstić information content (AvgIpc) is 2.57. The topological polar surface area (TPSA) is 35.5 Å². The fourth-order valence-corrected chi connectivity index (χ4v) is 3.31. The van der Waals surface area contributed by atoms with E-state index in [9.17, 15) is 4.79 Å². The molecule has 0 fully saturated rings. The first-order valence-corrected chi connectivity index (χ1v) is 8.15. The minimum absolute atomic E-state index is 0.0989. The molecule has 2 atom stereocenters. The number of carbonyl (C=O) groups is 1. The molecule has 0 aromatic heterocycles. The minimum Gasteiger partial charge on any atom is -0.383 e. The molecule has 2 unspecified atom stereocenters. The largest absolute Gasteiger partial charge is 0.383 e. The van der Waals surface area contributed by atoms with Gasteiger partial charge in [-0.1, -0.05) is 48.6 Å².